The van der Waals surface area contributed by atoms with Crippen molar-refractivity contribution in [3.8, 4) is 0 Å². The Hall–Kier alpha value is -1.06. The molecular formula is C13H22F3N. The molecule has 17 heavy (non-hydrogen) atoms. The van der Waals surface area contributed by atoms with Gasteiger partial charge in [0.1, 0.15) is 5.71 Å². The molecule has 0 aliphatic carbocycles. The zero-order valence-corrected chi connectivity index (χ0v) is 11.3. The molecule has 0 N–H and O–H groups in total. The molecule has 0 aromatic heterocycles. The van der Waals surface area contributed by atoms with Crippen molar-refractivity contribution < 1.29 is 13.2 Å². The zero-order valence-electron chi connectivity index (χ0n) is 11.3. The molecular weight excluding hydrogens is 227 g/mol. The molecule has 0 amide bonds. The molecule has 0 heterocycles. The second-order valence-corrected chi connectivity index (χ2v) is 3.78. The van der Waals surface area contributed by atoms with Gasteiger partial charge >= 0.3 is 6.18 Å². The first kappa shape index (κ1) is 18.3. The van der Waals surface area contributed by atoms with Crippen LogP contribution in [0, 0.1) is 0 Å². The van der Waals surface area contributed by atoms with Gasteiger partial charge < -0.3 is 0 Å². The molecule has 0 atom stereocenters. The summed E-state index contributed by atoms with van der Waals surface area (Å²) in [5.74, 6) is 0. The van der Waals surface area contributed by atoms with E-state index >= 15 is 0 Å². The minimum Gasteiger partial charge on any atom is -0.249 e. The normalized spacial score (nSPS) is 12.9. The van der Waals surface area contributed by atoms with Crippen LogP contribution in [0.2, 0.25) is 0 Å². The van der Waals surface area contributed by atoms with E-state index in [-0.39, 0.29) is 5.70 Å². The van der Waals surface area contributed by atoms with Gasteiger partial charge in [0.2, 0.25) is 0 Å². The highest BCUT2D eigenvalue weighted by molar-refractivity contribution is 6.00. The van der Waals surface area contributed by atoms with Gasteiger partial charge in [0.05, 0.1) is 0 Å². The van der Waals surface area contributed by atoms with E-state index in [1.165, 1.54) is 13.3 Å². The summed E-state index contributed by atoms with van der Waals surface area (Å²) in [4.78, 5) is 3.36. The summed E-state index contributed by atoms with van der Waals surface area (Å²) in [5, 5.41) is 0. The molecule has 0 saturated carbocycles. The first-order chi connectivity index (χ1) is 7.68. The Bertz CT molecular complexity index is 286. The number of halogens is 3. The first-order valence-electron chi connectivity index (χ1n) is 5.67. The fourth-order valence-corrected chi connectivity index (χ4v) is 0.719. The second-order valence-electron chi connectivity index (χ2n) is 3.78. The van der Waals surface area contributed by atoms with Crippen molar-refractivity contribution >= 4 is 5.71 Å². The van der Waals surface area contributed by atoms with Gasteiger partial charge in [-0.15, -0.1) is 0 Å². The van der Waals surface area contributed by atoms with E-state index in [1.807, 2.05) is 0 Å². The number of nitrogens with zero attached hydrogens (tertiary/aromatic N) is 1. The minimum atomic E-state index is -4.41. The van der Waals surface area contributed by atoms with Gasteiger partial charge in [-0.25, -0.2) is 4.99 Å². The highest BCUT2D eigenvalue weighted by atomic mass is 19.4. The van der Waals surface area contributed by atoms with Crippen molar-refractivity contribution in [2.45, 2.75) is 53.6 Å². The van der Waals surface area contributed by atoms with E-state index in [4.69, 9.17) is 0 Å². The topological polar surface area (TPSA) is 12.4 Å². The van der Waals surface area contributed by atoms with Crippen LogP contribution in [-0.2, 0) is 0 Å². The third-order valence-electron chi connectivity index (χ3n) is 1.54. The number of hydrogen-bond acceptors (Lipinski definition) is 1. The molecule has 0 fully saturated rings. The maximum absolute atomic E-state index is 12.4. The molecule has 0 radical (unpaired) electrons. The molecule has 100 valence electrons. The van der Waals surface area contributed by atoms with Crippen LogP contribution in [0.15, 0.2) is 28.9 Å². The van der Waals surface area contributed by atoms with Crippen LogP contribution >= 0.6 is 0 Å². The average molecular weight is 249 g/mol. The predicted octanol–water partition coefficient (Wildman–Crippen LogP) is 5.30. The molecule has 0 aromatic rings. The fourth-order valence-electron chi connectivity index (χ4n) is 0.719. The van der Waals surface area contributed by atoms with Crippen molar-refractivity contribution in [3.05, 3.63) is 23.9 Å². The molecule has 1 nitrogen and oxygen atoms in total. The standard InChI is InChI=1S/C10H14F3N.C3H8/c1-5-8(4)6-9(10(11,12)13)14-7(2)3;1-3-2/h6H,2,5H2,1,3-4H3;3H2,1-2H3/b8-6+,14-9?;. The summed E-state index contributed by atoms with van der Waals surface area (Å²) >= 11 is 0. The molecule has 0 aromatic carbocycles. The van der Waals surface area contributed by atoms with Crippen LogP contribution in [0.4, 0.5) is 13.2 Å². The Balaban J connectivity index is 0. The molecule has 4 heteroatoms. The summed E-state index contributed by atoms with van der Waals surface area (Å²) in [6.07, 6.45) is -1.53. The maximum atomic E-state index is 12.4. The van der Waals surface area contributed by atoms with Crippen LogP contribution in [0.1, 0.15) is 47.5 Å². The van der Waals surface area contributed by atoms with E-state index < -0.39 is 11.9 Å². The van der Waals surface area contributed by atoms with Gasteiger partial charge in [-0.1, -0.05) is 39.3 Å². The number of rotatable bonds is 3. The van der Waals surface area contributed by atoms with Crippen molar-refractivity contribution in [3.63, 3.8) is 0 Å². The molecule has 0 unspecified atom stereocenters. The number of alkyl halides is 3. The molecule has 0 rings (SSSR count). The van der Waals surface area contributed by atoms with Crippen LogP contribution < -0.4 is 0 Å². The van der Waals surface area contributed by atoms with Crippen LogP contribution in [0.3, 0.4) is 0 Å². The summed E-state index contributed by atoms with van der Waals surface area (Å²) in [6, 6.07) is 0. The van der Waals surface area contributed by atoms with Gasteiger partial charge in [0, 0.05) is 5.70 Å². The van der Waals surface area contributed by atoms with Crippen LogP contribution in [0.25, 0.3) is 0 Å². The number of aliphatic imine (C=N–C) groups is 1. The van der Waals surface area contributed by atoms with E-state index in [2.05, 4.69) is 25.4 Å². The van der Waals surface area contributed by atoms with Gasteiger partial charge in [0.15, 0.2) is 0 Å². The Morgan fingerprint density at radius 3 is 1.82 bits per heavy atom. The quantitative estimate of drug-likeness (QED) is 0.602. The molecule has 0 aliphatic heterocycles. The molecule has 0 saturated heterocycles. The van der Waals surface area contributed by atoms with E-state index in [0.717, 1.165) is 6.08 Å². The van der Waals surface area contributed by atoms with Crippen molar-refractivity contribution in [1.29, 1.82) is 0 Å². The summed E-state index contributed by atoms with van der Waals surface area (Å²) in [5.41, 5.74) is -0.0934. The molecule has 0 bridgehead atoms. The molecule has 0 spiro atoms. The van der Waals surface area contributed by atoms with Crippen molar-refractivity contribution in [1.82, 2.24) is 0 Å². The molecule has 0 aliphatic rings. The van der Waals surface area contributed by atoms with Gasteiger partial charge in [-0.05, 0) is 26.3 Å². The highest BCUT2D eigenvalue weighted by Crippen LogP contribution is 2.20. The SMILES string of the molecule is C=C(C)N=C(/C=C(\C)CC)C(F)(F)F.CCC. The van der Waals surface area contributed by atoms with Gasteiger partial charge in [-0.3, -0.25) is 0 Å². The lowest BCUT2D eigenvalue weighted by Gasteiger charge is -2.07. The monoisotopic (exact) mass is 249 g/mol. The number of allylic oxidation sites excluding steroid dienone is 3. The Morgan fingerprint density at radius 1 is 1.18 bits per heavy atom. The van der Waals surface area contributed by atoms with Gasteiger partial charge in [0.25, 0.3) is 0 Å². The highest BCUT2D eigenvalue weighted by Gasteiger charge is 2.33. The van der Waals surface area contributed by atoms with Crippen molar-refractivity contribution in [2.24, 2.45) is 4.99 Å². The third kappa shape index (κ3) is 11.2. The maximum Gasteiger partial charge on any atom is 0.433 e. The van der Waals surface area contributed by atoms with Gasteiger partial charge in [-0.2, -0.15) is 13.2 Å². The largest absolute Gasteiger partial charge is 0.433 e. The first-order valence-corrected chi connectivity index (χ1v) is 5.67. The Morgan fingerprint density at radius 2 is 1.59 bits per heavy atom. The summed E-state index contributed by atoms with van der Waals surface area (Å²) < 4.78 is 37.1. The lowest BCUT2D eigenvalue weighted by atomic mass is 10.2. The lowest BCUT2D eigenvalue weighted by molar-refractivity contribution is -0.0577. The predicted molar refractivity (Wildman–Crippen MR) is 68.3 cm³/mol. The van der Waals surface area contributed by atoms with Crippen molar-refractivity contribution in [2.75, 3.05) is 0 Å². The van der Waals surface area contributed by atoms with E-state index in [1.54, 1.807) is 13.8 Å². The lowest BCUT2D eigenvalue weighted by Crippen LogP contribution is -2.21. The van der Waals surface area contributed by atoms with Crippen LogP contribution in [-0.4, -0.2) is 11.9 Å². The second kappa shape index (κ2) is 9.02. The third-order valence-corrected chi connectivity index (χ3v) is 1.54. The average Bonchev–Trinajstić information content (AvgIpc) is 2.15. The zero-order chi connectivity index (χ0) is 14.1. The smallest absolute Gasteiger partial charge is 0.249 e. The summed E-state index contributed by atoms with van der Waals surface area (Å²) in [6.45, 7) is 12.4. The van der Waals surface area contributed by atoms with Crippen LogP contribution in [0.5, 0.6) is 0 Å². The number of hydrogen-bond donors (Lipinski definition) is 0. The van der Waals surface area contributed by atoms with E-state index in [9.17, 15) is 13.2 Å². The Labute approximate surface area is 102 Å². The fraction of sp³-hybridized carbons (Fsp3) is 0.615. The minimum absolute atomic E-state index is 0.150. The van der Waals surface area contributed by atoms with E-state index in [0.29, 0.717) is 12.0 Å². The Kier molecular flexibility index (Phi) is 9.72. The summed E-state index contributed by atoms with van der Waals surface area (Å²) in [7, 11) is 0.